The lowest BCUT2D eigenvalue weighted by molar-refractivity contribution is -0.127. The van der Waals surface area contributed by atoms with E-state index in [2.05, 4.69) is 41.7 Å². The van der Waals surface area contributed by atoms with Gasteiger partial charge in [-0.15, -0.1) is 34.8 Å². The van der Waals surface area contributed by atoms with Crippen LogP contribution in [0.5, 0.6) is 11.5 Å². The Hall–Kier alpha value is -6.43. The summed E-state index contributed by atoms with van der Waals surface area (Å²) in [5.41, 5.74) is 3.31. The van der Waals surface area contributed by atoms with Crippen molar-refractivity contribution in [2.24, 2.45) is 20.5 Å². The Balaban J connectivity index is 1.27. The van der Waals surface area contributed by atoms with Gasteiger partial charge in [-0.2, -0.15) is 20.5 Å². The molecule has 0 radical (unpaired) electrons. The third-order valence-electron chi connectivity index (χ3n) is 9.50. The van der Waals surface area contributed by atoms with Crippen molar-refractivity contribution < 1.29 is 38.2 Å². The predicted molar refractivity (Wildman–Crippen MR) is 260 cm³/mol. The molecule has 0 saturated heterocycles. The highest BCUT2D eigenvalue weighted by Crippen LogP contribution is 2.32. The monoisotopic (exact) mass is 1010 g/mol. The number of halogens is 5. The number of nitrogens with zero attached hydrogens (tertiary/aromatic N) is 4. The van der Waals surface area contributed by atoms with E-state index < -0.39 is 52.7 Å². The Kier molecular flexibility index (Phi) is 18.3. The summed E-state index contributed by atoms with van der Waals surface area (Å²) in [6, 6.07) is 19.4. The molecular formula is C46H41Cl5N8O8. The highest BCUT2D eigenvalue weighted by Gasteiger charge is 2.27. The zero-order valence-electron chi connectivity index (χ0n) is 36.3. The van der Waals surface area contributed by atoms with Crippen LogP contribution in [0, 0.1) is 0 Å². The Morgan fingerprint density at radius 1 is 0.567 bits per heavy atom. The molecule has 0 spiro atoms. The van der Waals surface area contributed by atoms with E-state index in [0.29, 0.717) is 39.6 Å². The van der Waals surface area contributed by atoms with E-state index in [4.69, 9.17) is 67.5 Å². The first-order valence-electron chi connectivity index (χ1n) is 19.8. The van der Waals surface area contributed by atoms with Crippen LogP contribution in [0.25, 0.3) is 0 Å². The Labute approximate surface area is 409 Å². The van der Waals surface area contributed by atoms with Gasteiger partial charge in [-0.3, -0.25) is 28.8 Å². The lowest BCUT2D eigenvalue weighted by Crippen LogP contribution is -2.32. The van der Waals surface area contributed by atoms with E-state index in [-0.39, 0.29) is 55.7 Å². The molecule has 0 heterocycles. The first-order valence-corrected chi connectivity index (χ1v) is 22.1. The molecule has 5 aromatic carbocycles. The van der Waals surface area contributed by atoms with Crippen LogP contribution in [0.4, 0.5) is 34.1 Å². The van der Waals surface area contributed by atoms with Gasteiger partial charge >= 0.3 is 0 Å². The van der Waals surface area contributed by atoms with Crippen LogP contribution < -0.4 is 30.7 Å². The van der Waals surface area contributed by atoms with Crippen LogP contribution in [0.1, 0.15) is 63.6 Å². The average Bonchev–Trinajstić information content (AvgIpc) is 3.28. The summed E-state index contributed by atoms with van der Waals surface area (Å²) in [4.78, 5) is 78.6. The van der Waals surface area contributed by atoms with Gasteiger partial charge in [-0.25, -0.2) is 0 Å². The van der Waals surface area contributed by atoms with Crippen molar-refractivity contribution in [3.63, 3.8) is 0 Å². The second-order valence-electron chi connectivity index (χ2n) is 14.5. The number of azo groups is 2. The van der Waals surface area contributed by atoms with Crippen molar-refractivity contribution >= 4 is 127 Å². The van der Waals surface area contributed by atoms with Crippen LogP contribution in [-0.4, -0.2) is 61.5 Å². The number of anilines is 4. The summed E-state index contributed by atoms with van der Waals surface area (Å²) in [6.45, 7) is 3.92. The molecule has 67 heavy (non-hydrogen) atoms. The van der Waals surface area contributed by atoms with E-state index in [9.17, 15) is 28.8 Å². The fourth-order valence-electron chi connectivity index (χ4n) is 6.23. The molecule has 5 aromatic rings. The fraction of sp³-hybridized carbons (Fsp3) is 0.217. The number of carbonyl (C=O) groups is 6. The van der Waals surface area contributed by atoms with E-state index in [1.54, 1.807) is 43.3 Å². The van der Waals surface area contributed by atoms with Crippen LogP contribution in [-0.2, 0) is 30.9 Å². The fourth-order valence-corrected chi connectivity index (χ4v) is 7.29. The number of carbonyl (C=O) groups excluding carboxylic acids is 6. The zero-order valence-corrected chi connectivity index (χ0v) is 40.0. The number of benzene rings is 5. The number of rotatable bonds is 19. The molecule has 0 fully saturated rings. The molecule has 0 aliphatic rings. The Morgan fingerprint density at radius 2 is 0.985 bits per heavy atom. The van der Waals surface area contributed by atoms with E-state index in [0.717, 1.165) is 13.8 Å². The van der Waals surface area contributed by atoms with Gasteiger partial charge < -0.3 is 30.7 Å². The van der Waals surface area contributed by atoms with Crippen LogP contribution in [0.2, 0.25) is 10.0 Å². The maximum Gasteiger partial charge on any atom is 0.258 e. The summed E-state index contributed by atoms with van der Waals surface area (Å²) >= 11 is 31.1. The zero-order chi connectivity index (χ0) is 48.9. The second-order valence-corrected chi connectivity index (χ2v) is 16.5. The van der Waals surface area contributed by atoms with Gasteiger partial charge in [-0.05, 0) is 117 Å². The van der Waals surface area contributed by atoms with Crippen molar-refractivity contribution in [2.45, 2.75) is 50.0 Å². The van der Waals surface area contributed by atoms with Gasteiger partial charge in [0.1, 0.15) is 11.5 Å². The maximum atomic E-state index is 13.5. The lowest BCUT2D eigenvalue weighted by atomic mass is 10.1. The van der Waals surface area contributed by atoms with Gasteiger partial charge in [0.25, 0.3) is 23.6 Å². The number of hydrogen-bond donors (Lipinski definition) is 4. The van der Waals surface area contributed by atoms with Crippen molar-refractivity contribution in [3.05, 3.63) is 129 Å². The molecule has 3 unspecified atom stereocenters. The standard InChI is InChI=1S/C46H41Cl5N8O8/c1-23(49)37-20-34(54-45(64)41(24(2)60)58-56-35-14-26(12-30(50)18-35)43(62)52-32-7-10-39(66-4)28(16-32)21-47)6-9-38(37)55-46(65)42(25(3)61)59-57-36-15-27(13-31(51)19-36)44(63)53-33-8-11-40(67-5)29(17-33)22-48/h6-20,23,41-42H,21-22H2,1-5H3,(H,52,62)(H,53,63)(H,54,64)(H,55,65). The van der Waals surface area contributed by atoms with Gasteiger partial charge in [0.15, 0.2) is 11.6 Å². The minimum atomic E-state index is -1.63. The van der Waals surface area contributed by atoms with E-state index >= 15 is 0 Å². The van der Waals surface area contributed by atoms with E-state index in [1.807, 2.05) is 0 Å². The number of nitrogens with one attached hydrogen (secondary N) is 4. The molecular weight excluding hydrogens is 970 g/mol. The highest BCUT2D eigenvalue weighted by molar-refractivity contribution is 6.32. The van der Waals surface area contributed by atoms with Crippen LogP contribution in [0.3, 0.4) is 0 Å². The molecule has 3 atom stereocenters. The lowest BCUT2D eigenvalue weighted by Gasteiger charge is -2.17. The summed E-state index contributed by atoms with van der Waals surface area (Å²) in [5.74, 6) is -2.66. The number of ether oxygens (including phenoxy) is 2. The molecule has 0 bridgehead atoms. The number of Topliss-reactive ketones (excluding diaryl/α,β-unsaturated/α-hetero) is 2. The molecule has 4 amide bonds. The molecule has 348 valence electrons. The summed E-state index contributed by atoms with van der Waals surface area (Å²) in [5, 5.41) is 26.3. The number of alkyl halides is 3. The van der Waals surface area contributed by atoms with Crippen LogP contribution >= 0.6 is 58.0 Å². The Bertz CT molecular complexity index is 2790. The van der Waals surface area contributed by atoms with Gasteiger partial charge in [0, 0.05) is 55.0 Å². The van der Waals surface area contributed by atoms with Crippen molar-refractivity contribution in [3.8, 4) is 11.5 Å². The SMILES string of the molecule is COc1ccc(NC(=O)c2cc(Cl)cc(N=NC(C(C)=O)C(=O)Nc3ccc(NC(=O)C(N=Nc4cc(Cl)cc(C(=O)Nc5ccc(OC)c(CCl)c5)c4)C(C)=O)c(C(C)Cl)c3)c2)cc1CCl. The van der Waals surface area contributed by atoms with Gasteiger partial charge in [0.05, 0.1) is 42.7 Å². The Morgan fingerprint density at radius 3 is 1.39 bits per heavy atom. The van der Waals surface area contributed by atoms with Crippen molar-refractivity contribution in [1.82, 2.24) is 0 Å². The third-order valence-corrected chi connectivity index (χ3v) is 10.8. The number of amides is 4. The number of ketones is 2. The van der Waals surface area contributed by atoms with Crippen molar-refractivity contribution in [1.29, 1.82) is 0 Å². The normalized spacial score (nSPS) is 12.5. The second kappa shape index (κ2) is 23.8. The summed E-state index contributed by atoms with van der Waals surface area (Å²) < 4.78 is 10.6. The predicted octanol–water partition coefficient (Wildman–Crippen LogP) is 11.7. The maximum absolute atomic E-state index is 13.5. The topological polar surface area (TPSA) is 218 Å². The number of methoxy groups -OCH3 is 2. The molecule has 0 aliphatic heterocycles. The average molecular weight is 1010 g/mol. The largest absolute Gasteiger partial charge is 0.496 e. The summed E-state index contributed by atoms with van der Waals surface area (Å²) in [7, 11) is 3.01. The highest BCUT2D eigenvalue weighted by atomic mass is 35.5. The summed E-state index contributed by atoms with van der Waals surface area (Å²) in [6.07, 6.45) is 0. The molecule has 0 aliphatic carbocycles. The molecule has 4 N–H and O–H groups in total. The molecule has 16 nitrogen and oxygen atoms in total. The van der Waals surface area contributed by atoms with Gasteiger partial charge in [-0.1, -0.05) is 23.2 Å². The van der Waals surface area contributed by atoms with E-state index in [1.165, 1.54) is 68.8 Å². The number of hydrogen-bond acceptors (Lipinski definition) is 12. The molecule has 0 aromatic heterocycles. The smallest absolute Gasteiger partial charge is 0.258 e. The molecule has 5 rings (SSSR count). The first kappa shape index (κ1) is 51.6. The first-order chi connectivity index (χ1) is 31.9. The minimum absolute atomic E-state index is 0.0821. The quantitative estimate of drug-likeness (QED) is 0.0353. The van der Waals surface area contributed by atoms with Crippen molar-refractivity contribution in [2.75, 3.05) is 35.5 Å². The van der Waals surface area contributed by atoms with Gasteiger partial charge in [0.2, 0.25) is 12.1 Å². The molecule has 21 heteroatoms. The molecule has 0 saturated carbocycles. The minimum Gasteiger partial charge on any atom is -0.496 e. The third kappa shape index (κ3) is 14.0. The van der Waals surface area contributed by atoms with Crippen LogP contribution in [0.15, 0.2) is 111 Å².